The average molecular weight is 904 g/mol. The maximum Gasteiger partial charge on any atom is 0.292 e. The van der Waals surface area contributed by atoms with Crippen molar-refractivity contribution >= 4 is 38.3 Å². The summed E-state index contributed by atoms with van der Waals surface area (Å²) in [5.74, 6) is 0.459. The smallest absolute Gasteiger partial charge is 0.292 e. The highest BCUT2D eigenvalue weighted by Crippen LogP contribution is 2.53. The van der Waals surface area contributed by atoms with Crippen LogP contribution in [0.3, 0.4) is 0 Å². The summed E-state index contributed by atoms with van der Waals surface area (Å²) in [6.07, 6.45) is 14.2. The van der Waals surface area contributed by atoms with Gasteiger partial charge in [0, 0.05) is 61.3 Å². The van der Waals surface area contributed by atoms with E-state index in [4.69, 9.17) is 9.47 Å². The summed E-state index contributed by atoms with van der Waals surface area (Å²) in [5.41, 5.74) is 4.71. The predicted octanol–water partition coefficient (Wildman–Crippen LogP) is 9.87. The summed E-state index contributed by atoms with van der Waals surface area (Å²) in [4.78, 5) is 41.9. The number of nitro groups is 1. The lowest BCUT2D eigenvalue weighted by molar-refractivity contribution is -0.386. The number of carbonyl (C=O) groups is 1. The lowest BCUT2D eigenvalue weighted by Crippen LogP contribution is -2.58. The first-order valence-electron chi connectivity index (χ1n) is 23.3. The lowest BCUT2D eigenvalue weighted by Gasteiger charge is -2.57. The minimum Gasteiger partial charge on any atom is -0.455 e. The minimum atomic E-state index is -4.58. The molecule has 9 rings (SSSR count). The van der Waals surface area contributed by atoms with Crippen LogP contribution in [0.1, 0.15) is 125 Å². The zero-order valence-electron chi connectivity index (χ0n) is 37.9. The van der Waals surface area contributed by atoms with Gasteiger partial charge in [-0.25, -0.2) is 18.1 Å². The van der Waals surface area contributed by atoms with Crippen molar-refractivity contribution in [3.05, 3.63) is 112 Å². The third kappa shape index (κ3) is 9.64. The first-order valence-corrected chi connectivity index (χ1v) is 24.8. The molecular weight excluding hydrogens is 843 g/mol. The van der Waals surface area contributed by atoms with Crippen molar-refractivity contribution in [3.63, 3.8) is 0 Å². The zero-order chi connectivity index (χ0) is 45.5. The number of pyridine rings is 2. The number of benzene rings is 2. The van der Waals surface area contributed by atoms with E-state index in [0.29, 0.717) is 47.7 Å². The van der Waals surface area contributed by atoms with Crippen LogP contribution in [0.4, 0.5) is 11.4 Å². The van der Waals surface area contributed by atoms with Crippen LogP contribution in [0, 0.1) is 26.9 Å². The van der Waals surface area contributed by atoms with Crippen molar-refractivity contribution in [2.24, 2.45) is 16.7 Å². The molecule has 15 heteroatoms. The van der Waals surface area contributed by atoms with Crippen molar-refractivity contribution in [2.45, 2.75) is 115 Å². The average Bonchev–Trinajstić information content (AvgIpc) is 3.76. The van der Waals surface area contributed by atoms with E-state index >= 15 is 0 Å². The molecule has 2 aliphatic carbocycles. The summed E-state index contributed by atoms with van der Waals surface area (Å²) < 4.78 is 42.1. The molecule has 2 N–H and O–H groups in total. The molecule has 0 radical (unpaired) electrons. The molecular formula is C50H61N7O7S. The fourth-order valence-corrected chi connectivity index (χ4v) is 11.8. The van der Waals surface area contributed by atoms with Crippen molar-refractivity contribution in [2.75, 3.05) is 37.7 Å². The van der Waals surface area contributed by atoms with Crippen molar-refractivity contribution < 1.29 is 27.6 Å². The van der Waals surface area contributed by atoms with Crippen LogP contribution in [0.5, 0.6) is 11.5 Å². The fraction of sp³-hybridized carbons (Fsp3) is 0.500. The number of amides is 1. The monoisotopic (exact) mass is 903 g/mol. The van der Waals surface area contributed by atoms with Gasteiger partial charge in [-0.2, -0.15) is 0 Å². The molecule has 1 atom stereocenters. The highest BCUT2D eigenvalue weighted by molar-refractivity contribution is 7.90. The van der Waals surface area contributed by atoms with Crippen LogP contribution in [-0.4, -0.2) is 78.0 Å². The number of carbonyl (C=O) groups excluding carboxylic acids is 1. The molecule has 344 valence electrons. The number of morpholine rings is 1. The number of ether oxygens (including phenoxy) is 2. The number of H-pyrrole nitrogens is 1. The van der Waals surface area contributed by atoms with Crippen LogP contribution in [0.25, 0.3) is 11.0 Å². The number of hydrogen-bond donors (Lipinski definition) is 2. The van der Waals surface area contributed by atoms with Crippen molar-refractivity contribution in [1.82, 2.24) is 24.6 Å². The molecule has 65 heavy (non-hydrogen) atoms. The Morgan fingerprint density at radius 3 is 2.52 bits per heavy atom. The summed E-state index contributed by atoms with van der Waals surface area (Å²) in [7, 11) is -4.58. The zero-order valence-corrected chi connectivity index (χ0v) is 38.7. The third-order valence-electron chi connectivity index (χ3n) is 14.9. The van der Waals surface area contributed by atoms with E-state index in [1.807, 2.05) is 12.1 Å². The molecule has 4 fully saturated rings. The topological polar surface area (TPSA) is 173 Å². The second-order valence-corrected chi connectivity index (χ2v) is 21.7. The molecule has 5 heterocycles. The van der Waals surface area contributed by atoms with Crippen LogP contribution < -0.4 is 14.4 Å². The Balaban J connectivity index is 0.898. The van der Waals surface area contributed by atoms with Gasteiger partial charge in [-0.05, 0) is 122 Å². The largest absolute Gasteiger partial charge is 0.455 e. The van der Waals surface area contributed by atoms with Crippen LogP contribution in [0.15, 0.2) is 84.1 Å². The summed E-state index contributed by atoms with van der Waals surface area (Å²) in [5, 5.41) is 13.0. The number of fused-ring (bicyclic) bond motifs is 1. The molecule has 0 bridgehead atoms. The van der Waals surface area contributed by atoms with Crippen LogP contribution in [0.2, 0.25) is 0 Å². The Morgan fingerprint density at radius 1 is 1.00 bits per heavy atom. The molecule has 1 amide bonds. The summed E-state index contributed by atoms with van der Waals surface area (Å²) in [6, 6.07) is 19.4. The molecule has 2 aliphatic heterocycles. The Labute approximate surface area is 381 Å². The highest BCUT2D eigenvalue weighted by Gasteiger charge is 2.49. The molecule has 2 saturated carbocycles. The van der Waals surface area contributed by atoms with Gasteiger partial charge in [0.2, 0.25) is 0 Å². The second-order valence-electron chi connectivity index (χ2n) is 20.0. The molecule has 5 aromatic rings. The van der Waals surface area contributed by atoms with Crippen LogP contribution in [-0.2, 0) is 21.2 Å². The van der Waals surface area contributed by atoms with E-state index in [0.717, 1.165) is 107 Å². The third-order valence-corrected chi connectivity index (χ3v) is 16.2. The number of nitrogens with zero attached hydrogens (tertiary/aromatic N) is 5. The van der Waals surface area contributed by atoms with Gasteiger partial charge in [0.15, 0.2) is 0 Å². The van der Waals surface area contributed by atoms with Gasteiger partial charge in [0.1, 0.15) is 27.7 Å². The number of sulfonamides is 1. The molecule has 14 nitrogen and oxygen atoms in total. The molecule has 2 saturated heterocycles. The Hall–Kier alpha value is -5.38. The van der Waals surface area contributed by atoms with Gasteiger partial charge in [0.25, 0.3) is 21.6 Å². The molecule has 3 aromatic heterocycles. The number of aromatic nitrogens is 3. The van der Waals surface area contributed by atoms with Crippen molar-refractivity contribution in [3.8, 4) is 11.5 Å². The van der Waals surface area contributed by atoms with E-state index in [1.165, 1.54) is 11.1 Å². The number of piperidine rings is 1. The number of aryl methyl sites for hydroxylation is 1. The van der Waals surface area contributed by atoms with Gasteiger partial charge >= 0.3 is 0 Å². The number of aromatic amines is 1. The standard InChI is InChI=1S/C50H61N7O7S/c1-33(2)40-7-5-6-8-41(40)45-32-63-24-23-56(45)37-28-50(29-37)18-21-55(22-19-50)36-10-11-42(46(26-36)64-38-25-35-15-20-51-47(35)53-30-38)48(58)54-65(61,62)39-27-44(57(59)60)43(52-31-39)12-9-34-13-16-49(3,4)17-14-34/h5-8,10-11,15,20,25-27,30-31,33-34,37,45H,9,12-14,16-19,21-24,28-29,32H2,1-4H3,(H,51,53)(H,54,58)/t45-/m0/s1. The lowest BCUT2D eigenvalue weighted by atomic mass is 9.59. The summed E-state index contributed by atoms with van der Waals surface area (Å²) >= 11 is 0. The van der Waals surface area contributed by atoms with Gasteiger partial charge in [-0.1, -0.05) is 52.0 Å². The number of rotatable bonds is 13. The van der Waals surface area contributed by atoms with Gasteiger partial charge < -0.3 is 19.4 Å². The molecule has 2 aromatic carbocycles. The molecule has 4 aliphatic rings. The SMILES string of the molecule is CC(C)c1ccccc1[C@@H]1COCCN1C1CC2(CCN(c3ccc(C(=O)NS(=O)(=O)c4cnc(CCC5CCC(C)(C)CC5)c([N+](=O)[O-])c4)c(Oc4cnc5[nH]ccc5c4)c3)CC2)C1. The Kier molecular flexibility index (Phi) is 12.5. The molecule has 1 spiro atoms. The first kappa shape index (κ1) is 44.8. The Bertz CT molecular complexity index is 2660. The predicted molar refractivity (Wildman–Crippen MR) is 250 cm³/mol. The van der Waals surface area contributed by atoms with E-state index in [1.54, 1.807) is 30.6 Å². The maximum atomic E-state index is 14.0. The van der Waals surface area contributed by atoms with E-state index < -0.39 is 25.7 Å². The summed E-state index contributed by atoms with van der Waals surface area (Å²) in [6.45, 7) is 13.1. The van der Waals surface area contributed by atoms with E-state index in [-0.39, 0.29) is 34.2 Å². The van der Waals surface area contributed by atoms with Gasteiger partial charge in [0.05, 0.1) is 35.9 Å². The minimum absolute atomic E-state index is 0.0179. The number of nitrogens with one attached hydrogen (secondary N) is 2. The van der Waals surface area contributed by atoms with Gasteiger partial charge in [-0.3, -0.25) is 24.8 Å². The van der Waals surface area contributed by atoms with Crippen molar-refractivity contribution in [1.29, 1.82) is 0 Å². The first-order chi connectivity index (χ1) is 31.2. The number of hydrogen-bond acceptors (Lipinski definition) is 11. The number of anilines is 1. The second kappa shape index (κ2) is 18.1. The van der Waals surface area contributed by atoms with E-state index in [9.17, 15) is 23.3 Å². The Morgan fingerprint density at radius 2 is 1.77 bits per heavy atom. The van der Waals surface area contributed by atoms with E-state index in [2.05, 4.69) is 81.4 Å². The normalized spacial score (nSPS) is 20.5. The quantitative estimate of drug-likeness (QED) is 0.0851. The maximum absolute atomic E-state index is 14.0. The van der Waals surface area contributed by atoms with Crippen LogP contribution >= 0.6 is 0 Å². The highest BCUT2D eigenvalue weighted by atomic mass is 32.2. The fourth-order valence-electron chi connectivity index (χ4n) is 10.9. The van der Waals surface area contributed by atoms with Gasteiger partial charge in [-0.15, -0.1) is 0 Å². The molecule has 0 unspecified atom stereocenters.